The maximum Gasteiger partial charge on any atom is 0.418 e. The topological polar surface area (TPSA) is 54.0 Å². The molecule has 10 heteroatoms. The smallest absolute Gasteiger partial charge is 0.322 e. The predicted octanol–water partition coefficient (Wildman–Crippen LogP) is 7.74. The Bertz CT molecular complexity index is 1450. The van der Waals surface area contributed by atoms with E-state index in [9.17, 15) is 31.1 Å². The molecule has 1 aromatic heterocycles. The number of aromatic nitrogens is 1. The Morgan fingerprint density at radius 2 is 1.46 bits per heavy atom. The van der Waals surface area contributed by atoms with Crippen molar-refractivity contribution in [1.29, 1.82) is 0 Å². The molecule has 0 fully saturated rings. The normalized spacial score (nSPS) is 13.4. The first-order valence-corrected chi connectivity index (χ1v) is 11.8. The SMILES string of the molecule is Cc1cccc(NC(=O)NC(Cc2ccccc2)(c2cccc(C(F)(F)F)c2)c2ncccc2C(F)(F)F)c1. The molecule has 1 unspecified atom stereocenters. The summed E-state index contributed by atoms with van der Waals surface area (Å²) < 4.78 is 84.1. The van der Waals surface area contributed by atoms with Crippen LogP contribution >= 0.6 is 0 Å². The number of nitrogens with zero attached hydrogens (tertiary/aromatic N) is 1. The van der Waals surface area contributed by atoms with Crippen LogP contribution < -0.4 is 10.6 Å². The number of amides is 2. The van der Waals surface area contributed by atoms with Crippen molar-refractivity contribution >= 4 is 11.7 Å². The van der Waals surface area contributed by atoms with Gasteiger partial charge in [0.1, 0.15) is 5.54 Å². The Hall–Kier alpha value is -4.34. The van der Waals surface area contributed by atoms with Gasteiger partial charge < -0.3 is 10.6 Å². The van der Waals surface area contributed by atoms with Crippen molar-refractivity contribution in [3.63, 3.8) is 0 Å². The van der Waals surface area contributed by atoms with Crippen LogP contribution in [0.4, 0.5) is 36.8 Å². The molecule has 2 amide bonds. The summed E-state index contributed by atoms with van der Waals surface area (Å²) in [5.41, 5.74) is -3.65. The summed E-state index contributed by atoms with van der Waals surface area (Å²) in [6.45, 7) is 1.79. The maximum atomic E-state index is 14.3. The molecule has 202 valence electrons. The largest absolute Gasteiger partial charge is 0.418 e. The Morgan fingerprint density at radius 3 is 2.13 bits per heavy atom. The van der Waals surface area contributed by atoms with Gasteiger partial charge in [-0.2, -0.15) is 26.3 Å². The van der Waals surface area contributed by atoms with E-state index in [4.69, 9.17) is 0 Å². The van der Waals surface area contributed by atoms with Crippen molar-refractivity contribution in [2.45, 2.75) is 31.2 Å². The number of aryl methyl sites for hydroxylation is 1. The first kappa shape index (κ1) is 27.7. The van der Waals surface area contributed by atoms with Gasteiger partial charge in [0.15, 0.2) is 0 Å². The highest BCUT2D eigenvalue weighted by Gasteiger charge is 2.46. The molecule has 0 saturated heterocycles. The second-order valence-corrected chi connectivity index (χ2v) is 8.99. The molecule has 4 rings (SSSR count). The van der Waals surface area contributed by atoms with E-state index < -0.39 is 40.7 Å². The molecule has 1 atom stereocenters. The van der Waals surface area contributed by atoms with E-state index >= 15 is 0 Å². The Kier molecular flexibility index (Phi) is 7.67. The van der Waals surface area contributed by atoms with E-state index in [1.54, 1.807) is 61.5 Å². The summed E-state index contributed by atoms with van der Waals surface area (Å²) in [7, 11) is 0. The van der Waals surface area contributed by atoms with E-state index in [0.29, 0.717) is 11.3 Å². The number of pyridine rings is 1. The molecule has 2 N–H and O–H groups in total. The second kappa shape index (κ2) is 10.8. The highest BCUT2D eigenvalue weighted by atomic mass is 19.4. The minimum Gasteiger partial charge on any atom is -0.322 e. The molecule has 39 heavy (non-hydrogen) atoms. The monoisotopic (exact) mass is 543 g/mol. The van der Waals surface area contributed by atoms with E-state index in [1.807, 2.05) is 0 Å². The number of rotatable bonds is 6. The molecule has 4 aromatic rings. The average molecular weight is 544 g/mol. The zero-order chi connectivity index (χ0) is 28.3. The van der Waals surface area contributed by atoms with Crippen LogP contribution in [0.15, 0.2) is 97.2 Å². The zero-order valence-electron chi connectivity index (χ0n) is 20.6. The third kappa shape index (κ3) is 6.39. The lowest BCUT2D eigenvalue weighted by Crippen LogP contribution is -2.51. The third-order valence-electron chi connectivity index (χ3n) is 6.12. The predicted molar refractivity (Wildman–Crippen MR) is 135 cm³/mol. The van der Waals surface area contributed by atoms with E-state index in [0.717, 1.165) is 42.1 Å². The standard InChI is InChI=1S/C29H23F6N3O/c1-19-8-5-13-23(16-19)37-26(39)38-27(18-20-9-3-2-4-10-20,21-11-6-12-22(17-21)28(30,31)32)25-24(29(33,34)35)14-7-15-36-25/h2-17H,18H2,1H3,(H2,37,38,39). The summed E-state index contributed by atoms with van der Waals surface area (Å²) in [6.07, 6.45) is -8.91. The second-order valence-electron chi connectivity index (χ2n) is 8.99. The average Bonchev–Trinajstić information content (AvgIpc) is 2.88. The molecule has 0 radical (unpaired) electrons. The molecule has 0 saturated carbocycles. The van der Waals surface area contributed by atoms with Crippen LogP contribution in [0.1, 0.15) is 33.5 Å². The Labute approximate surface area is 220 Å². The molecule has 0 aliphatic rings. The minimum atomic E-state index is -4.91. The van der Waals surface area contributed by atoms with Gasteiger partial charge in [-0.3, -0.25) is 4.98 Å². The van der Waals surface area contributed by atoms with Crippen molar-refractivity contribution in [2.75, 3.05) is 5.32 Å². The number of carbonyl (C=O) groups is 1. The number of benzene rings is 3. The van der Waals surface area contributed by atoms with Gasteiger partial charge in [0.2, 0.25) is 0 Å². The fourth-order valence-corrected chi connectivity index (χ4v) is 4.41. The number of hydrogen-bond donors (Lipinski definition) is 2. The number of carbonyl (C=O) groups excluding carboxylic acids is 1. The van der Waals surface area contributed by atoms with Crippen molar-refractivity contribution in [3.05, 3.63) is 131 Å². The van der Waals surface area contributed by atoms with Crippen molar-refractivity contribution in [3.8, 4) is 0 Å². The van der Waals surface area contributed by atoms with Crippen LogP contribution in [0.5, 0.6) is 0 Å². The summed E-state index contributed by atoms with van der Waals surface area (Å²) in [6, 6.07) is 19.7. The van der Waals surface area contributed by atoms with E-state index in [2.05, 4.69) is 15.6 Å². The first-order valence-electron chi connectivity index (χ1n) is 11.8. The number of hydrogen-bond acceptors (Lipinski definition) is 2. The number of halogens is 6. The highest BCUT2D eigenvalue weighted by molar-refractivity contribution is 5.90. The highest BCUT2D eigenvalue weighted by Crippen LogP contribution is 2.42. The quantitative estimate of drug-likeness (QED) is 0.245. The Morgan fingerprint density at radius 1 is 0.769 bits per heavy atom. The molecular formula is C29H23F6N3O. The van der Waals surface area contributed by atoms with Gasteiger partial charge in [-0.05, 0) is 60.0 Å². The minimum absolute atomic E-state index is 0.218. The number of urea groups is 1. The van der Waals surface area contributed by atoms with Gasteiger partial charge in [-0.25, -0.2) is 4.79 Å². The van der Waals surface area contributed by atoms with Crippen LogP contribution in [0.25, 0.3) is 0 Å². The molecule has 3 aromatic carbocycles. The molecule has 0 aliphatic carbocycles. The number of alkyl halides is 6. The van der Waals surface area contributed by atoms with Crippen LogP contribution in [0, 0.1) is 6.92 Å². The summed E-state index contributed by atoms with van der Waals surface area (Å²) in [4.78, 5) is 17.4. The lowest BCUT2D eigenvalue weighted by molar-refractivity contribution is -0.139. The van der Waals surface area contributed by atoms with Crippen LogP contribution in [0.2, 0.25) is 0 Å². The lowest BCUT2D eigenvalue weighted by atomic mass is 9.78. The maximum absolute atomic E-state index is 14.3. The molecule has 4 nitrogen and oxygen atoms in total. The summed E-state index contributed by atoms with van der Waals surface area (Å²) in [5.74, 6) is 0. The first-order chi connectivity index (χ1) is 18.4. The van der Waals surface area contributed by atoms with Crippen molar-refractivity contribution in [1.82, 2.24) is 10.3 Å². The molecule has 0 spiro atoms. The number of anilines is 1. The van der Waals surface area contributed by atoms with E-state index in [-0.39, 0.29) is 12.0 Å². The molecule has 0 aliphatic heterocycles. The van der Waals surface area contributed by atoms with Gasteiger partial charge in [0, 0.05) is 18.3 Å². The fraction of sp³-hybridized carbons (Fsp3) is 0.172. The third-order valence-corrected chi connectivity index (χ3v) is 6.12. The number of nitrogens with one attached hydrogen (secondary N) is 2. The van der Waals surface area contributed by atoms with Crippen molar-refractivity contribution in [2.24, 2.45) is 0 Å². The molecule has 1 heterocycles. The van der Waals surface area contributed by atoms with Crippen LogP contribution in [-0.2, 0) is 24.3 Å². The fourth-order valence-electron chi connectivity index (χ4n) is 4.41. The Balaban J connectivity index is 1.97. The zero-order valence-corrected chi connectivity index (χ0v) is 20.6. The van der Waals surface area contributed by atoms with E-state index in [1.165, 1.54) is 6.07 Å². The van der Waals surface area contributed by atoms with Crippen LogP contribution in [0.3, 0.4) is 0 Å². The van der Waals surface area contributed by atoms with Gasteiger partial charge in [0.25, 0.3) is 0 Å². The van der Waals surface area contributed by atoms with Gasteiger partial charge in [-0.15, -0.1) is 0 Å². The van der Waals surface area contributed by atoms with Crippen LogP contribution in [-0.4, -0.2) is 11.0 Å². The molecule has 0 bridgehead atoms. The van der Waals surface area contributed by atoms with Crippen molar-refractivity contribution < 1.29 is 31.1 Å². The van der Waals surface area contributed by atoms with Gasteiger partial charge in [0.05, 0.1) is 16.8 Å². The molecular weight excluding hydrogens is 520 g/mol. The van der Waals surface area contributed by atoms with Gasteiger partial charge in [-0.1, -0.05) is 54.6 Å². The summed E-state index contributed by atoms with van der Waals surface area (Å²) >= 11 is 0. The lowest BCUT2D eigenvalue weighted by Gasteiger charge is -2.37. The van der Waals surface area contributed by atoms with Gasteiger partial charge >= 0.3 is 18.4 Å². The summed E-state index contributed by atoms with van der Waals surface area (Å²) in [5, 5.41) is 5.18.